The number of hydrogen-bond donors (Lipinski definition) is 5. The van der Waals surface area contributed by atoms with Crippen molar-refractivity contribution in [2.75, 3.05) is 0 Å². The van der Waals surface area contributed by atoms with Gasteiger partial charge in [0.2, 0.25) is 0 Å². The minimum absolute atomic E-state index is 0.250. The van der Waals surface area contributed by atoms with Crippen molar-refractivity contribution in [3.8, 4) is 0 Å². The molecule has 0 atom stereocenters. The predicted octanol–water partition coefficient (Wildman–Crippen LogP) is -4.03. The summed E-state index contributed by atoms with van der Waals surface area (Å²) in [6, 6.07) is 0. The average molecular weight is 306 g/mol. The second-order valence-corrected chi connectivity index (χ2v) is 5.26. The van der Waals surface area contributed by atoms with E-state index in [9.17, 15) is 0 Å². The van der Waals surface area contributed by atoms with Crippen molar-refractivity contribution in [1.82, 2.24) is 0 Å². The molecule has 8 heteroatoms. The Morgan fingerprint density at radius 3 is 1.25 bits per heavy atom. The molecule has 0 saturated carbocycles. The second kappa shape index (κ2) is 5.07. The molecular weight excluding hydrogens is 297 g/mol. The zero-order valence-corrected chi connectivity index (χ0v) is 6.21. The molecule has 0 spiro atoms. The molecule has 0 rings (SSSR count). The van der Waals surface area contributed by atoms with E-state index in [0.29, 0.717) is 0 Å². The van der Waals surface area contributed by atoms with Crippen LogP contribution < -0.4 is 22.5 Å². The quantitative estimate of drug-likeness (QED) is 0.226. The normalized spacial score (nSPS) is 11.0. The van der Waals surface area contributed by atoms with Gasteiger partial charge in [0.1, 0.15) is 0 Å². The summed E-state index contributed by atoms with van der Waals surface area (Å²) >= 11 is -2.94. The number of hydrogen-bond acceptors (Lipinski definition) is 6. The van der Waals surface area contributed by atoms with Gasteiger partial charge < -0.3 is 0 Å². The third-order valence-electron chi connectivity index (χ3n) is 0. The van der Waals surface area contributed by atoms with Gasteiger partial charge in [-0.3, -0.25) is 10.1 Å². The van der Waals surface area contributed by atoms with Gasteiger partial charge >= 0.3 is 34.2 Å². The first-order valence-electron chi connectivity index (χ1n) is 1.14. The Bertz CT molecular complexity index is 49.9. The molecule has 0 heterocycles. The van der Waals surface area contributed by atoms with Crippen LogP contribution in [0.3, 0.4) is 0 Å². The molecule has 0 unspecified atom stereocenters. The summed E-state index contributed by atoms with van der Waals surface area (Å²) in [6.45, 7) is 0. The molecule has 0 saturated heterocycles. The van der Waals surface area contributed by atoms with Crippen molar-refractivity contribution < 1.29 is 22.4 Å². The van der Waals surface area contributed by atoms with E-state index in [-0.39, 0.29) is 5.34 Å². The van der Waals surface area contributed by atoms with Crippen LogP contribution in [0, 0.1) is 10.1 Å². The van der Waals surface area contributed by atoms with Crippen molar-refractivity contribution in [1.29, 1.82) is 0 Å². The zero-order chi connectivity index (χ0) is 7.21. The van der Waals surface area contributed by atoms with E-state index in [0.717, 1.165) is 0 Å². The molecule has 0 radical (unpaired) electrons. The van der Waals surface area contributed by atoms with Crippen LogP contribution in [0.2, 0.25) is 0 Å². The fourth-order valence-corrected chi connectivity index (χ4v) is 0. The standard InChI is InChI=1S/HNO2.4H2N.Pt/c2-1-3;;;;;/h1H;4*1H2;/q;4*-1;+4. The van der Waals surface area contributed by atoms with Crippen LogP contribution in [0.4, 0.5) is 0 Å². The monoisotopic (exact) mass is 306 g/mol. The Labute approximate surface area is 50.3 Å². The van der Waals surface area contributed by atoms with Crippen LogP contribution in [0.15, 0.2) is 0 Å². The van der Waals surface area contributed by atoms with Crippen molar-refractivity contribution in [3.63, 3.8) is 0 Å². The summed E-state index contributed by atoms with van der Waals surface area (Å²) in [4.78, 5) is 8.12. The first-order chi connectivity index (χ1) is 3.41. The molecule has 8 heavy (non-hydrogen) atoms. The van der Waals surface area contributed by atoms with Crippen molar-refractivity contribution >= 4 is 0 Å². The van der Waals surface area contributed by atoms with E-state index in [1.165, 1.54) is 0 Å². The van der Waals surface area contributed by atoms with Gasteiger partial charge in [-0.15, -0.1) is 0 Å². The molecule has 0 bridgehead atoms. The molecule has 0 aliphatic rings. The Morgan fingerprint density at radius 1 is 1.25 bits per heavy atom. The van der Waals surface area contributed by atoms with Gasteiger partial charge in [0.15, 0.2) is 0 Å². The second-order valence-electron chi connectivity index (χ2n) is 0.716. The third kappa shape index (κ3) is 28000. The summed E-state index contributed by atoms with van der Waals surface area (Å²) in [5.41, 5.74) is 0. The van der Waals surface area contributed by atoms with E-state index in [1.807, 2.05) is 0 Å². The Kier molecular flexibility index (Phi) is 6.87. The summed E-state index contributed by atoms with van der Waals surface area (Å²) in [7, 11) is 0. The topological polar surface area (TPSA) is 158 Å². The van der Waals surface area contributed by atoms with Crippen molar-refractivity contribution in [2.45, 2.75) is 0 Å². The van der Waals surface area contributed by atoms with Gasteiger partial charge in [0.05, 0.1) is 0 Å². The minimum atomic E-state index is -2.94. The van der Waals surface area contributed by atoms with Crippen molar-refractivity contribution in [2.24, 2.45) is 17.2 Å². The van der Waals surface area contributed by atoms with E-state index < -0.39 is 17.1 Å². The molecule has 0 aromatic rings. The van der Waals surface area contributed by atoms with Gasteiger partial charge in [0.25, 0.3) is 0 Å². The molecule has 0 aromatic carbocycles. The average Bonchev–Trinajstić information content (AvgIpc) is 1.27. The molecular formula is H9N5O2Pt. The van der Waals surface area contributed by atoms with Crippen molar-refractivity contribution in [3.05, 3.63) is 10.1 Å². The summed E-state index contributed by atoms with van der Waals surface area (Å²) in [6.07, 6.45) is 0. The predicted molar refractivity (Wildman–Crippen MR) is 24.4 cm³/mol. The fourth-order valence-electron chi connectivity index (χ4n) is 0. The molecule has 0 amide bonds. The van der Waals surface area contributed by atoms with Crippen LogP contribution >= 0.6 is 0 Å². The van der Waals surface area contributed by atoms with E-state index >= 15 is 0 Å². The molecule has 9 N–H and O–H groups in total. The number of nitrogens with two attached hydrogens (primary N) is 4. The molecule has 0 fully saturated rings. The Morgan fingerprint density at radius 2 is 1.25 bits per heavy atom. The molecule has 0 aliphatic carbocycles. The maximum atomic E-state index is 8.12. The van der Waals surface area contributed by atoms with Crippen LogP contribution in [-0.4, -0.2) is 0 Å². The first-order valence-corrected chi connectivity index (χ1v) is 6.39. The van der Waals surface area contributed by atoms with E-state index in [1.54, 1.807) is 0 Å². The summed E-state index contributed by atoms with van der Waals surface area (Å²) in [5.74, 6) is 0. The van der Waals surface area contributed by atoms with Crippen LogP contribution in [-0.2, 0) is 17.1 Å². The third-order valence-corrected chi connectivity index (χ3v) is 0. The summed E-state index contributed by atoms with van der Waals surface area (Å²) < 4.78 is 19.5. The number of rotatable bonds is 0. The van der Waals surface area contributed by atoms with E-state index in [4.69, 9.17) is 27.3 Å². The maximum absolute atomic E-state index is 8.12. The van der Waals surface area contributed by atoms with Crippen LogP contribution in [0.1, 0.15) is 0 Å². The molecule has 0 aliphatic heterocycles. The molecule has 7 nitrogen and oxygen atoms in total. The van der Waals surface area contributed by atoms with Crippen LogP contribution in [0.5, 0.6) is 0 Å². The number of nitrogens with one attached hydrogen (secondary N) is 1. The van der Waals surface area contributed by atoms with Gasteiger partial charge in [-0.05, 0) is 0 Å². The zero-order valence-electron chi connectivity index (χ0n) is 3.94. The van der Waals surface area contributed by atoms with E-state index in [2.05, 4.69) is 0 Å². The van der Waals surface area contributed by atoms with Gasteiger partial charge in [-0.25, -0.2) is 0 Å². The SMILES string of the molecule is O=[NH+][O-].[NH2][Pt]([NH2])([NH2])[NH2]. The first kappa shape index (κ1) is 10.8. The van der Waals surface area contributed by atoms with Gasteiger partial charge in [0, 0.05) is 5.34 Å². The molecule has 56 valence electrons. The van der Waals surface area contributed by atoms with Gasteiger partial charge in [-0.1, -0.05) is 0 Å². The van der Waals surface area contributed by atoms with Crippen LogP contribution in [0.25, 0.3) is 0 Å². The summed E-state index contributed by atoms with van der Waals surface area (Å²) in [5, 5.41) is 8.38. The fraction of sp³-hybridized carbons (Fsp3) is 0. The molecule has 0 aromatic heterocycles. The Hall–Kier alpha value is -0.0717. The van der Waals surface area contributed by atoms with Gasteiger partial charge in [-0.2, -0.15) is 0 Å². The Balaban J connectivity index is 0.